The molecule has 2 N–H and O–H groups in total. The van der Waals surface area contributed by atoms with E-state index >= 15 is 0 Å². The average molecular weight is 378 g/mol. The fourth-order valence-corrected chi connectivity index (χ4v) is 3.82. The molecule has 140 valence electrons. The van der Waals surface area contributed by atoms with Crippen molar-refractivity contribution < 1.29 is 0 Å². The molecule has 0 radical (unpaired) electrons. The van der Waals surface area contributed by atoms with E-state index in [4.69, 9.17) is 0 Å². The molecule has 0 heterocycles. The summed E-state index contributed by atoms with van der Waals surface area (Å²) in [5.74, 6) is 0. The summed E-state index contributed by atoms with van der Waals surface area (Å²) in [5.41, 5.74) is 1.59. The highest BCUT2D eigenvalue weighted by molar-refractivity contribution is 6.02. The molecular formula is C25H18N2O2. The zero-order chi connectivity index (χ0) is 19.8. The third kappa shape index (κ3) is 2.95. The lowest BCUT2D eigenvalue weighted by Crippen LogP contribution is -2.36. The summed E-state index contributed by atoms with van der Waals surface area (Å²) in [6.45, 7) is 0.455. The molecule has 0 aliphatic rings. The molecule has 4 nitrogen and oxygen atoms in total. The summed E-state index contributed by atoms with van der Waals surface area (Å²) >= 11 is 0. The van der Waals surface area contributed by atoms with Gasteiger partial charge in [0, 0.05) is 12.2 Å². The molecule has 0 atom stereocenters. The van der Waals surface area contributed by atoms with Crippen LogP contribution < -0.4 is 21.5 Å². The van der Waals surface area contributed by atoms with Crippen LogP contribution in [0.1, 0.15) is 5.56 Å². The second-order valence-electron chi connectivity index (χ2n) is 7.05. The molecular weight excluding hydrogens is 360 g/mol. The van der Waals surface area contributed by atoms with Crippen molar-refractivity contribution in [2.75, 3.05) is 10.6 Å². The standard InChI is InChI=1S/C25H18N2O2/c28-24-22(23(25(24)29)27-18-10-2-1-3-11-18)26-15-21-19-12-6-4-8-16(19)14-17-9-5-7-13-20(17)21/h1-14,26-27H,15H2. The molecule has 29 heavy (non-hydrogen) atoms. The van der Waals surface area contributed by atoms with E-state index in [0.29, 0.717) is 17.9 Å². The molecule has 0 aromatic heterocycles. The largest absolute Gasteiger partial charge is 0.376 e. The van der Waals surface area contributed by atoms with Crippen LogP contribution in [0.3, 0.4) is 0 Å². The molecule has 0 saturated carbocycles. The number of hydrogen-bond donors (Lipinski definition) is 2. The second-order valence-corrected chi connectivity index (χ2v) is 7.05. The number of nitrogens with one attached hydrogen (secondary N) is 2. The molecule has 0 aliphatic heterocycles. The summed E-state index contributed by atoms with van der Waals surface area (Å²) in [7, 11) is 0. The van der Waals surface area contributed by atoms with Gasteiger partial charge in [-0.1, -0.05) is 66.7 Å². The summed E-state index contributed by atoms with van der Waals surface area (Å²) in [6.07, 6.45) is 0. The van der Waals surface area contributed by atoms with Crippen LogP contribution in [-0.2, 0) is 6.54 Å². The highest BCUT2D eigenvalue weighted by Gasteiger charge is 2.21. The number of para-hydroxylation sites is 1. The highest BCUT2D eigenvalue weighted by atomic mass is 16.2. The minimum Gasteiger partial charge on any atom is -0.376 e. The maximum Gasteiger partial charge on any atom is 0.253 e. The van der Waals surface area contributed by atoms with Gasteiger partial charge >= 0.3 is 0 Å². The molecule has 0 unspecified atom stereocenters. The van der Waals surface area contributed by atoms with Gasteiger partial charge in [-0.15, -0.1) is 0 Å². The molecule has 0 spiro atoms. The van der Waals surface area contributed by atoms with E-state index in [1.165, 1.54) is 0 Å². The van der Waals surface area contributed by atoms with Crippen LogP contribution in [0, 0.1) is 0 Å². The molecule has 0 fully saturated rings. The van der Waals surface area contributed by atoms with E-state index in [2.05, 4.69) is 41.0 Å². The first kappa shape index (κ1) is 17.2. The molecule has 5 aromatic carbocycles. The minimum atomic E-state index is -0.487. The van der Waals surface area contributed by atoms with Gasteiger partial charge in [0.05, 0.1) is 0 Å². The van der Waals surface area contributed by atoms with Gasteiger partial charge < -0.3 is 10.6 Å². The topological polar surface area (TPSA) is 58.2 Å². The number of anilines is 3. The average Bonchev–Trinajstić information content (AvgIpc) is 2.78. The Hall–Kier alpha value is -3.92. The zero-order valence-corrected chi connectivity index (χ0v) is 15.6. The van der Waals surface area contributed by atoms with Gasteiger partial charge in [0.15, 0.2) is 0 Å². The first-order valence-electron chi connectivity index (χ1n) is 9.51. The van der Waals surface area contributed by atoms with Crippen LogP contribution in [0.25, 0.3) is 21.5 Å². The Labute approximate surface area is 167 Å². The van der Waals surface area contributed by atoms with Crippen LogP contribution in [0.2, 0.25) is 0 Å². The second kappa shape index (κ2) is 6.91. The normalized spacial score (nSPS) is 11.2. The molecule has 5 aromatic rings. The summed E-state index contributed by atoms with van der Waals surface area (Å²) in [4.78, 5) is 24.3. The molecule has 5 rings (SSSR count). The lowest BCUT2D eigenvalue weighted by atomic mass is 9.96. The van der Waals surface area contributed by atoms with Crippen molar-refractivity contribution in [1.82, 2.24) is 0 Å². The van der Waals surface area contributed by atoms with Crippen LogP contribution >= 0.6 is 0 Å². The van der Waals surface area contributed by atoms with Gasteiger partial charge in [-0.25, -0.2) is 0 Å². The van der Waals surface area contributed by atoms with Gasteiger partial charge in [0.1, 0.15) is 11.4 Å². The van der Waals surface area contributed by atoms with Crippen molar-refractivity contribution in [1.29, 1.82) is 0 Å². The van der Waals surface area contributed by atoms with Crippen molar-refractivity contribution in [3.63, 3.8) is 0 Å². The van der Waals surface area contributed by atoms with Crippen LogP contribution in [0.4, 0.5) is 17.1 Å². The summed E-state index contributed by atoms with van der Waals surface area (Å²) < 4.78 is 0. The Morgan fingerprint density at radius 2 is 1.17 bits per heavy atom. The highest BCUT2D eigenvalue weighted by Crippen LogP contribution is 2.30. The number of fused-ring (bicyclic) bond motifs is 2. The minimum absolute atomic E-state index is 0.325. The fraction of sp³-hybridized carbons (Fsp3) is 0.0400. The van der Waals surface area contributed by atoms with E-state index in [0.717, 1.165) is 32.8 Å². The molecule has 4 heteroatoms. The Bertz CT molecular complexity index is 1360. The Morgan fingerprint density at radius 1 is 0.621 bits per heavy atom. The Balaban J connectivity index is 1.53. The quantitative estimate of drug-likeness (QED) is 0.336. The molecule has 0 bridgehead atoms. The molecule has 0 saturated heterocycles. The number of rotatable bonds is 5. The van der Waals surface area contributed by atoms with E-state index < -0.39 is 10.9 Å². The van der Waals surface area contributed by atoms with Gasteiger partial charge in [0.2, 0.25) is 0 Å². The number of hydrogen-bond acceptors (Lipinski definition) is 4. The van der Waals surface area contributed by atoms with Gasteiger partial charge in [-0.2, -0.15) is 0 Å². The van der Waals surface area contributed by atoms with Gasteiger partial charge in [-0.05, 0) is 45.3 Å². The van der Waals surface area contributed by atoms with E-state index in [1.54, 1.807) is 0 Å². The lowest BCUT2D eigenvalue weighted by molar-refractivity contribution is 1.16. The summed E-state index contributed by atoms with van der Waals surface area (Å²) in [5, 5.41) is 10.8. The lowest BCUT2D eigenvalue weighted by Gasteiger charge is -2.17. The SMILES string of the molecule is O=c1c(NCc2c3ccccc3cc3ccccc23)c(Nc2ccccc2)c1=O. The first-order valence-corrected chi connectivity index (χ1v) is 9.51. The smallest absolute Gasteiger partial charge is 0.253 e. The molecule has 0 amide bonds. The van der Waals surface area contributed by atoms with E-state index in [9.17, 15) is 9.59 Å². The zero-order valence-electron chi connectivity index (χ0n) is 15.6. The first-order chi connectivity index (χ1) is 14.2. The Morgan fingerprint density at radius 3 is 1.83 bits per heavy atom. The monoisotopic (exact) mass is 378 g/mol. The number of benzene rings is 4. The van der Waals surface area contributed by atoms with Gasteiger partial charge in [0.25, 0.3) is 10.9 Å². The van der Waals surface area contributed by atoms with Crippen LogP contribution in [0.15, 0.2) is 94.5 Å². The van der Waals surface area contributed by atoms with E-state index in [-0.39, 0.29) is 0 Å². The maximum absolute atomic E-state index is 12.2. The predicted octanol–water partition coefficient (Wildman–Crippen LogP) is 4.94. The predicted molar refractivity (Wildman–Crippen MR) is 120 cm³/mol. The fourth-order valence-electron chi connectivity index (χ4n) is 3.82. The van der Waals surface area contributed by atoms with Crippen LogP contribution in [-0.4, -0.2) is 0 Å². The third-order valence-electron chi connectivity index (χ3n) is 5.28. The van der Waals surface area contributed by atoms with Crippen molar-refractivity contribution in [2.24, 2.45) is 0 Å². The van der Waals surface area contributed by atoms with Crippen molar-refractivity contribution >= 4 is 38.6 Å². The van der Waals surface area contributed by atoms with Crippen molar-refractivity contribution in [2.45, 2.75) is 6.54 Å². The van der Waals surface area contributed by atoms with Crippen molar-refractivity contribution in [3.8, 4) is 0 Å². The summed E-state index contributed by atoms with van der Waals surface area (Å²) in [6, 6.07) is 28.0. The van der Waals surface area contributed by atoms with Crippen LogP contribution in [0.5, 0.6) is 0 Å². The maximum atomic E-state index is 12.2. The van der Waals surface area contributed by atoms with Crippen molar-refractivity contribution in [3.05, 3.63) is 111 Å². The van der Waals surface area contributed by atoms with E-state index in [1.807, 2.05) is 54.6 Å². The Kier molecular flexibility index (Phi) is 4.10. The third-order valence-corrected chi connectivity index (χ3v) is 5.28. The van der Waals surface area contributed by atoms with Gasteiger partial charge in [-0.3, -0.25) is 9.59 Å². The molecule has 0 aliphatic carbocycles.